The first kappa shape index (κ1) is 15.5. The molecular weight excluding hydrogens is 290 g/mol. The lowest BCUT2D eigenvalue weighted by molar-refractivity contribution is 0.402. The number of hydrogen-bond acceptors (Lipinski definition) is 5. The molecule has 7 heteroatoms. The summed E-state index contributed by atoms with van der Waals surface area (Å²) in [6.07, 6.45) is 0. The molecule has 2 rings (SSSR count). The smallest absolute Gasteiger partial charge is 0.275 e. The van der Waals surface area contributed by atoms with Gasteiger partial charge in [-0.1, -0.05) is 0 Å². The zero-order valence-electron chi connectivity index (χ0n) is 12.5. The lowest BCUT2D eigenvalue weighted by Crippen LogP contribution is -2.21. The van der Waals surface area contributed by atoms with Crippen molar-refractivity contribution in [2.45, 2.75) is 25.5 Å². The molecule has 114 valence electrons. The summed E-state index contributed by atoms with van der Waals surface area (Å²) in [5, 5.41) is 3.13. The average Bonchev–Trinajstić information content (AvgIpc) is 2.87. The number of nitrogens with zero attached hydrogens (tertiary/aromatic N) is 2. The summed E-state index contributed by atoms with van der Waals surface area (Å²) in [4.78, 5) is 4.36. The second kappa shape index (κ2) is 5.87. The summed E-state index contributed by atoms with van der Waals surface area (Å²) >= 11 is 0. The van der Waals surface area contributed by atoms with Crippen molar-refractivity contribution in [1.29, 1.82) is 0 Å². The zero-order valence-corrected chi connectivity index (χ0v) is 13.4. The minimum atomic E-state index is -3.53. The van der Waals surface area contributed by atoms with Gasteiger partial charge in [-0.25, -0.2) is 12.7 Å². The number of aryl methyl sites for hydroxylation is 2. The monoisotopic (exact) mass is 309 g/mol. The molecule has 0 bridgehead atoms. The Morgan fingerprint density at radius 1 is 1.19 bits per heavy atom. The van der Waals surface area contributed by atoms with Crippen molar-refractivity contribution in [2.75, 3.05) is 19.4 Å². The molecule has 2 aromatic rings. The van der Waals surface area contributed by atoms with E-state index >= 15 is 0 Å². The van der Waals surface area contributed by atoms with Crippen LogP contribution < -0.4 is 5.32 Å². The predicted molar refractivity (Wildman–Crippen MR) is 80.6 cm³/mol. The fourth-order valence-electron chi connectivity index (χ4n) is 1.83. The molecule has 0 radical (unpaired) electrons. The second-order valence-corrected chi connectivity index (χ2v) is 7.03. The van der Waals surface area contributed by atoms with Gasteiger partial charge in [0.05, 0.1) is 17.9 Å². The molecule has 6 nitrogen and oxygen atoms in total. The standard InChI is InChI=1S/C14H19N3O3S/c1-10-5-7-13(11(2)16-10)15-9-12-6-8-14(20-12)21(18,19)17(3)4/h5-8,15H,9H2,1-4H3. The highest BCUT2D eigenvalue weighted by atomic mass is 32.2. The van der Waals surface area contributed by atoms with Crippen molar-refractivity contribution in [1.82, 2.24) is 9.29 Å². The number of sulfonamides is 1. The largest absolute Gasteiger partial charge is 0.446 e. The molecule has 0 unspecified atom stereocenters. The van der Waals surface area contributed by atoms with Crippen LogP contribution in [-0.4, -0.2) is 31.8 Å². The SMILES string of the molecule is Cc1ccc(NCc2ccc(S(=O)(=O)N(C)C)o2)c(C)n1. The van der Waals surface area contributed by atoms with Gasteiger partial charge < -0.3 is 9.73 Å². The Balaban J connectivity index is 2.10. The van der Waals surface area contributed by atoms with Crippen LogP contribution in [0.3, 0.4) is 0 Å². The molecule has 21 heavy (non-hydrogen) atoms. The molecule has 0 aromatic carbocycles. The molecular formula is C14H19N3O3S. The maximum Gasteiger partial charge on any atom is 0.275 e. The fraction of sp³-hybridized carbons (Fsp3) is 0.357. The molecule has 0 spiro atoms. The summed E-state index contributed by atoms with van der Waals surface area (Å²) < 4.78 is 30.3. The first-order valence-corrected chi connectivity index (χ1v) is 7.94. The van der Waals surface area contributed by atoms with Crippen LogP contribution in [0.25, 0.3) is 0 Å². The van der Waals surface area contributed by atoms with Gasteiger partial charge in [-0.05, 0) is 38.1 Å². The van der Waals surface area contributed by atoms with Gasteiger partial charge in [0, 0.05) is 19.8 Å². The molecule has 0 saturated heterocycles. The third-order valence-electron chi connectivity index (χ3n) is 3.05. The molecule has 0 aliphatic heterocycles. The van der Waals surface area contributed by atoms with Gasteiger partial charge in [0.15, 0.2) is 0 Å². The summed E-state index contributed by atoms with van der Waals surface area (Å²) in [5.74, 6) is 0.551. The maximum atomic E-state index is 11.9. The van der Waals surface area contributed by atoms with Crippen molar-refractivity contribution in [3.8, 4) is 0 Å². The molecule has 2 aromatic heterocycles. The Bertz CT molecular complexity index is 736. The minimum Gasteiger partial charge on any atom is -0.446 e. The Morgan fingerprint density at radius 3 is 2.52 bits per heavy atom. The number of rotatable bonds is 5. The van der Waals surface area contributed by atoms with E-state index in [-0.39, 0.29) is 5.09 Å². The predicted octanol–water partition coefficient (Wildman–Crippen LogP) is 2.15. The van der Waals surface area contributed by atoms with E-state index in [4.69, 9.17) is 4.42 Å². The number of anilines is 1. The number of pyridine rings is 1. The topological polar surface area (TPSA) is 75.4 Å². The number of hydrogen-bond donors (Lipinski definition) is 1. The van der Waals surface area contributed by atoms with Crippen molar-refractivity contribution >= 4 is 15.7 Å². The van der Waals surface area contributed by atoms with E-state index < -0.39 is 10.0 Å². The highest BCUT2D eigenvalue weighted by Crippen LogP contribution is 2.19. The third kappa shape index (κ3) is 3.43. The second-order valence-electron chi connectivity index (χ2n) is 4.95. The molecule has 2 heterocycles. The van der Waals surface area contributed by atoms with Crippen LogP contribution in [0.4, 0.5) is 5.69 Å². The van der Waals surface area contributed by atoms with Gasteiger partial charge in [0.25, 0.3) is 10.0 Å². The molecule has 0 aliphatic rings. The van der Waals surface area contributed by atoms with Crippen LogP contribution in [0.5, 0.6) is 0 Å². The van der Waals surface area contributed by atoms with Crippen LogP contribution in [-0.2, 0) is 16.6 Å². The van der Waals surface area contributed by atoms with Crippen LogP contribution in [0.1, 0.15) is 17.1 Å². The lowest BCUT2D eigenvalue weighted by atomic mass is 10.2. The normalized spacial score (nSPS) is 11.9. The van der Waals surface area contributed by atoms with Gasteiger partial charge in [0.1, 0.15) is 5.76 Å². The molecule has 0 atom stereocenters. The van der Waals surface area contributed by atoms with E-state index in [1.807, 2.05) is 26.0 Å². The van der Waals surface area contributed by atoms with E-state index in [2.05, 4.69) is 10.3 Å². The van der Waals surface area contributed by atoms with Crippen LogP contribution in [0, 0.1) is 13.8 Å². The van der Waals surface area contributed by atoms with Gasteiger partial charge in [0.2, 0.25) is 5.09 Å². The van der Waals surface area contributed by atoms with Gasteiger partial charge in [-0.15, -0.1) is 0 Å². The Morgan fingerprint density at radius 2 is 1.90 bits per heavy atom. The molecule has 0 fully saturated rings. The van der Waals surface area contributed by atoms with E-state index in [1.54, 1.807) is 6.07 Å². The Labute approximate surface area is 124 Å². The molecule has 0 aliphatic carbocycles. The van der Waals surface area contributed by atoms with Crippen molar-refractivity contribution in [3.05, 3.63) is 41.4 Å². The van der Waals surface area contributed by atoms with E-state index in [1.165, 1.54) is 20.2 Å². The first-order valence-electron chi connectivity index (χ1n) is 6.50. The van der Waals surface area contributed by atoms with Gasteiger partial charge in [-0.3, -0.25) is 4.98 Å². The van der Waals surface area contributed by atoms with Crippen LogP contribution >= 0.6 is 0 Å². The highest BCUT2D eigenvalue weighted by molar-refractivity contribution is 7.88. The summed E-state index contributed by atoms with van der Waals surface area (Å²) in [5.41, 5.74) is 2.74. The van der Waals surface area contributed by atoms with Crippen LogP contribution in [0.2, 0.25) is 0 Å². The number of aromatic nitrogens is 1. The maximum absolute atomic E-state index is 11.9. The van der Waals surface area contributed by atoms with Crippen molar-refractivity contribution < 1.29 is 12.8 Å². The van der Waals surface area contributed by atoms with E-state index in [0.29, 0.717) is 12.3 Å². The number of furan rings is 1. The van der Waals surface area contributed by atoms with E-state index in [9.17, 15) is 8.42 Å². The molecule has 0 amide bonds. The molecule has 0 saturated carbocycles. The third-order valence-corrected chi connectivity index (χ3v) is 4.74. The highest BCUT2D eigenvalue weighted by Gasteiger charge is 2.21. The van der Waals surface area contributed by atoms with Gasteiger partial charge in [-0.2, -0.15) is 0 Å². The van der Waals surface area contributed by atoms with Crippen LogP contribution in [0.15, 0.2) is 33.8 Å². The summed E-state index contributed by atoms with van der Waals surface area (Å²) in [7, 11) is -0.588. The quantitative estimate of drug-likeness (QED) is 0.916. The zero-order chi connectivity index (χ0) is 15.6. The number of nitrogens with one attached hydrogen (secondary N) is 1. The first-order chi connectivity index (χ1) is 9.80. The lowest BCUT2D eigenvalue weighted by Gasteiger charge is -2.09. The summed E-state index contributed by atoms with van der Waals surface area (Å²) in [6.45, 7) is 4.25. The van der Waals surface area contributed by atoms with Crippen molar-refractivity contribution in [3.63, 3.8) is 0 Å². The summed E-state index contributed by atoms with van der Waals surface area (Å²) in [6, 6.07) is 6.98. The molecule has 1 N–H and O–H groups in total. The van der Waals surface area contributed by atoms with Crippen molar-refractivity contribution in [2.24, 2.45) is 0 Å². The van der Waals surface area contributed by atoms with E-state index in [0.717, 1.165) is 21.4 Å². The Hall–Kier alpha value is -1.86. The Kier molecular flexibility index (Phi) is 4.34. The average molecular weight is 309 g/mol. The fourth-order valence-corrected chi connectivity index (χ4v) is 2.64. The van der Waals surface area contributed by atoms with Gasteiger partial charge >= 0.3 is 0 Å². The minimum absolute atomic E-state index is 0.0527.